The van der Waals surface area contributed by atoms with Gasteiger partial charge in [0.05, 0.1) is 21.5 Å². The summed E-state index contributed by atoms with van der Waals surface area (Å²) >= 11 is 5.78. The Bertz CT molecular complexity index is 592. The molecule has 0 spiro atoms. The third kappa shape index (κ3) is 4.64. The number of nitro benzene ring substituents is 2. The van der Waals surface area contributed by atoms with Gasteiger partial charge in [-0.05, 0) is 19.3 Å². The molecule has 1 aromatic carbocycles. The van der Waals surface area contributed by atoms with Crippen LogP contribution in [0.25, 0.3) is 0 Å². The number of nitrogens with zero attached hydrogens (tertiary/aromatic N) is 2. The third-order valence-electron chi connectivity index (χ3n) is 2.81. The summed E-state index contributed by atoms with van der Waals surface area (Å²) in [6.07, 6.45) is 1.89. The first-order chi connectivity index (χ1) is 10.4. The number of rotatable bonds is 8. The van der Waals surface area contributed by atoms with Crippen molar-refractivity contribution in [2.75, 3.05) is 13.2 Å². The zero-order valence-electron chi connectivity index (χ0n) is 11.5. The number of halogens is 1. The molecule has 2 N–H and O–H groups in total. The Morgan fingerprint density at radius 2 is 1.86 bits per heavy atom. The quantitative estimate of drug-likeness (QED) is 0.425. The smallest absolute Gasteiger partial charge is 0.295 e. The summed E-state index contributed by atoms with van der Waals surface area (Å²) < 4.78 is 0. The maximum absolute atomic E-state index is 12.0. The molecule has 0 fully saturated rings. The molecule has 9 nitrogen and oxygen atoms in total. The highest BCUT2D eigenvalue weighted by Gasteiger charge is 2.26. The average Bonchev–Trinajstić information content (AvgIpc) is 2.46. The van der Waals surface area contributed by atoms with Crippen molar-refractivity contribution >= 4 is 28.9 Å². The number of carbonyl (C=O) groups excluding carboxylic acids is 1. The number of nitro groups is 2. The van der Waals surface area contributed by atoms with Crippen molar-refractivity contribution in [1.29, 1.82) is 0 Å². The molecule has 0 aliphatic rings. The van der Waals surface area contributed by atoms with Gasteiger partial charge >= 0.3 is 0 Å². The van der Waals surface area contributed by atoms with Crippen LogP contribution in [0, 0.1) is 20.2 Å². The molecule has 0 aliphatic heterocycles. The molecule has 10 heteroatoms. The van der Waals surface area contributed by atoms with Gasteiger partial charge in [-0.3, -0.25) is 25.0 Å². The number of unbranched alkanes of at least 4 members (excludes halogenated alkanes) is 2. The Balaban J connectivity index is 2.94. The van der Waals surface area contributed by atoms with E-state index in [1.807, 2.05) is 0 Å². The standard InChI is InChI=1S/C12H14ClN3O6/c13-11-9(12(18)14-4-2-1-3-5-17)6-8(15(19)20)7-10(11)16(21)22/h6-7,17H,1-5H2,(H,14,18). The number of nitrogens with one attached hydrogen (secondary N) is 1. The average molecular weight is 332 g/mol. The van der Waals surface area contributed by atoms with Gasteiger partial charge < -0.3 is 10.4 Å². The second-order valence-corrected chi connectivity index (χ2v) is 4.76. The summed E-state index contributed by atoms with van der Waals surface area (Å²) in [5.41, 5.74) is -1.59. The Morgan fingerprint density at radius 3 is 2.41 bits per heavy atom. The summed E-state index contributed by atoms with van der Waals surface area (Å²) in [5.74, 6) is -0.721. The second kappa shape index (κ2) is 8.25. The fraction of sp³-hybridized carbons (Fsp3) is 0.417. The van der Waals surface area contributed by atoms with Gasteiger partial charge in [-0.2, -0.15) is 0 Å². The molecule has 1 amide bonds. The maximum Gasteiger partial charge on any atom is 0.295 e. The van der Waals surface area contributed by atoms with E-state index in [4.69, 9.17) is 16.7 Å². The fourth-order valence-corrected chi connectivity index (χ4v) is 1.97. The lowest BCUT2D eigenvalue weighted by atomic mass is 10.1. The highest BCUT2D eigenvalue weighted by Crippen LogP contribution is 2.32. The minimum Gasteiger partial charge on any atom is -0.396 e. The molecule has 0 saturated heterocycles. The van der Waals surface area contributed by atoms with E-state index in [2.05, 4.69) is 5.32 Å². The van der Waals surface area contributed by atoms with Crippen LogP contribution in [0.5, 0.6) is 0 Å². The zero-order valence-corrected chi connectivity index (χ0v) is 12.2. The Hall–Kier alpha value is -2.26. The molecule has 0 atom stereocenters. The summed E-state index contributed by atoms with van der Waals surface area (Å²) in [5, 5.41) is 32.3. The van der Waals surface area contributed by atoms with Crippen LogP contribution in [0.3, 0.4) is 0 Å². The van der Waals surface area contributed by atoms with E-state index in [-0.39, 0.29) is 18.7 Å². The van der Waals surface area contributed by atoms with E-state index < -0.39 is 32.2 Å². The van der Waals surface area contributed by atoms with Gasteiger partial charge in [0.25, 0.3) is 17.3 Å². The first-order valence-electron chi connectivity index (χ1n) is 6.40. The third-order valence-corrected chi connectivity index (χ3v) is 3.21. The summed E-state index contributed by atoms with van der Waals surface area (Å²) in [6.45, 7) is 0.322. The monoisotopic (exact) mass is 331 g/mol. The number of amides is 1. The zero-order chi connectivity index (χ0) is 16.7. The van der Waals surface area contributed by atoms with Crippen molar-refractivity contribution in [1.82, 2.24) is 5.32 Å². The van der Waals surface area contributed by atoms with Crippen LogP contribution < -0.4 is 5.32 Å². The summed E-state index contributed by atoms with van der Waals surface area (Å²) in [4.78, 5) is 31.9. The van der Waals surface area contributed by atoms with Gasteiger partial charge in [-0.15, -0.1) is 0 Å². The fourth-order valence-electron chi connectivity index (χ4n) is 1.71. The van der Waals surface area contributed by atoms with Crippen molar-refractivity contribution in [3.8, 4) is 0 Å². The number of aliphatic hydroxyl groups is 1. The van der Waals surface area contributed by atoms with Crippen LogP contribution in [0.4, 0.5) is 11.4 Å². The lowest BCUT2D eigenvalue weighted by Crippen LogP contribution is -2.25. The Kier molecular flexibility index (Phi) is 6.67. The molecule has 22 heavy (non-hydrogen) atoms. The first-order valence-corrected chi connectivity index (χ1v) is 6.77. The van der Waals surface area contributed by atoms with Crippen LogP contribution in [-0.4, -0.2) is 34.0 Å². The van der Waals surface area contributed by atoms with Gasteiger partial charge in [0.2, 0.25) is 0 Å². The molecule has 0 radical (unpaired) electrons. The van der Waals surface area contributed by atoms with Gasteiger partial charge in [-0.25, -0.2) is 0 Å². The molecule has 120 valence electrons. The van der Waals surface area contributed by atoms with Gasteiger partial charge in [0, 0.05) is 19.2 Å². The van der Waals surface area contributed by atoms with Crippen molar-refractivity contribution in [2.24, 2.45) is 0 Å². The number of benzene rings is 1. The van der Waals surface area contributed by atoms with E-state index >= 15 is 0 Å². The SMILES string of the molecule is O=C(NCCCCCO)c1cc([N+](=O)[O-])cc([N+](=O)[O-])c1Cl. The van der Waals surface area contributed by atoms with Crippen LogP contribution in [-0.2, 0) is 0 Å². The molecule has 0 unspecified atom stereocenters. The van der Waals surface area contributed by atoms with Gasteiger partial charge in [0.15, 0.2) is 0 Å². The topological polar surface area (TPSA) is 136 Å². The largest absolute Gasteiger partial charge is 0.396 e. The molecule has 0 aliphatic carbocycles. The molecule has 0 bridgehead atoms. The number of carbonyl (C=O) groups is 1. The molecule has 1 rings (SSSR count). The Labute approximate surface area is 130 Å². The van der Waals surface area contributed by atoms with Crippen molar-refractivity contribution in [3.05, 3.63) is 42.9 Å². The van der Waals surface area contributed by atoms with E-state index in [1.165, 1.54) is 0 Å². The minimum absolute atomic E-state index is 0.0524. The van der Waals surface area contributed by atoms with Crippen LogP contribution in [0.15, 0.2) is 12.1 Å². The highest BCUT2D eigenvalue weighted by atomic mass is 35.5. The van der Waals surface area contributed by atoms with E-state index in [0.29, 0.717) is 25.3 Å². The van der Waals surface area contributed by atoms with Crippen molar-refractivity contribution < 1.29 is 19.7 Å². The van der Waals surface area contributed by atoms with Gasteiger partial charge in [-0.1, -0.05) is 11.6 Å². The van der Waals surface area contributed by atoms with Crippen LogP contribution in [0.1, 0.15) is 29.6 Å². The number of non-ortho nitro benzene ring substituents is 1. The molecule has 0 saturated carbocycles. The number of aliphatic hydroxyl groups excluding tert-OH is 1. The van der Waals surface area contributed by atoms with Crippen LogP contribution >= 0.6 is 11.6 Å². The number of hydrogen-bond acceptors (Lipinski definition) is 6. The number of hydrogen-bond donors (Lipinski definition) is 2. The summed E-state index contributed by atoms with van der Waals surface area (Å²) in [7, 11) is 0. The molecule has 1 aromatic rings. The predicted molar refractivity (Wildman–Crippen MR) is 78.0 cm³/mol. The van der Waals surface area contributed by atoms with Crippen molar-refractivity contribution in [3.63, 3.8) is 0 Å². The lowest BCUT2D eigenvalue weighted by molar-refractivity contribution is -0.394. The minimum atomic E-state index is -0.882. The molecule has 0 heterocycles. The Morgan fingerprint density at radius 1 is 1.18 bits per heavy atom. The highest BCUT2D eigenvalue weighted by molar-refractivity contribution is 6.36. The summed E-state index contributed by atoms with van der Waals surface area (Å²) in [6, 6.07) is 1.61. The van der Waals surface area contributed by atoms with Gasteiger partial charge in [0.1, 0.15) is 5.02 Å². The molecule has 0 aromatic heterocycles. The normalized spacial score (nSPS) is 10.3. The molecular weight excluding hydrogens is 318 g/mol. The van der Waals surface area contributed by atoms with Crippen LogP contribution in [0.2, 0.25) is 5.02 Å². The van der Waals surface area contributed by atoms with E-state index in [1.54, 1.807) is 0 Å². The first kappa shape index (κ1) is 17.8. The predicted octanol–water partition coefficient (Wildman–Crippen LogP) is 2.05. The molecular formula is C12H14ClN3O6. The maximum atomic E-state index is 12.0. The van der Waals surface area contributed by atoms with E-state index in [9.17, 15) is 25.0 Å². The van der Waals surface area contributed by atoms with Crippen molar-refractivity contribution in [2.45, 2.75) is 19.3 Å². The lowest BCUT2D eigenvalue weighted by Gasteiger charge is -2.07. The van der Waals surface area contributed by atoms with E-state index in [0.717, 1.165) is 6.07 Å². The second-order valence-electron chi connectivity index (χ2n) is 4.38.